The Morgan fingerprint density at radius 2 is 1.89 bits per heavy atom. The van der Waals surface area contributed by atoms with Crippen LogP contribution in [0.3, 0.4) is 0 Å². The van der Waals surface area contributed by atoms with E-state index in [0.29, 0.717) is 4.31 Å². The number of amides is 2. The van der Waals surface area contributed by atoms with Gasteiger partial charge in [0.25, 0.3) is 15.9 Å². The SMILES string of the molecule is C[C@H](NC(=O)CN1C(=O)c2ccccc2S1(=O)=O)c1ccc2c(c1)CCC2. The monoisotopic (exact) mass is 384 g/mol. The molecule has 0 unspecified atom stereocenters. The summed E-state index contributed by atoms with van der Waals surface area (Å²) in [6.45, 7) is 1.33. The summed E-state index contributed by atoms with van der Waals surface area (Å²) in [5, 5.41) is 2.80. The van der Waals surface area contributed by atoms with E-state index in [4.69, 9.17) is 0 Å². The second-order valence-corrected chi connectivity index (χ2v) is 8.81. The molecule has 2 amide bonds. The lowest BCUT2D eigenvalue weighted by molar-refractivity contribution is -0.121. The van der Waals surface area contributed by atoms with Crippen molar-refractivity contribution >= 4 is 21.8 Å². The Hall–Kier alpha value is -2.67. The van der Waals surface area contributed by atoms with Crippen LogP contribution in [0.15, 0.2) is 47.4 Å². The molecule has 2 aromatic rings. The first-order valence-electron chi connectivity index (χ1n) is 8.95. The number of benzene rings is 2. The molecule has 0 radical (unpaired) electrons. The summed E-state index contributed by atoms with van der Waals surface area (Å²) in [5.74, 6) is -1.17. The number of sulfonamides is 1. The molecule has 2 aliphatic rings. The predicted molar refractivity (Wildman–Crippen MR) is 99.7 cm³/mol. The normalized spacial score (nSPS) is 18.1. The maximum atomic E-state index is 12.5. The van der Waals surface area contributed by atoms with Gasteiger partial charge in [-0.25, -0.2) is 12.7 Å². The first-order chi connectivity index (χ1) is 12.9. The Bertz CT molecular complexity index is 1050. The number of hydrogen-bond donors (Lipinski definition) is 1. The highest BCUT2D eigenvalue weighted by atomic mass is 32.2. The Balaban J connectivity index is 1.48. The lowest BCUT2D eigenvalue weighted by Crippen LogP contribution is -2.41. The molecule has 0 aromatic heterocycles. The van der Waals surface area contributed by atoms with Crippen LogP contribution in [0.5, 0.6) is 0 Å². The summed E-state index contributed by atoms with van der Waals surface area (Å²) in [5.41, 5.74) is 3.74. The van der Waals surface area contributed by atoms with Crippen LogP contribution in [0.2, 0.25) is 0 Å². The summed E-state index contributed by atoms with van der Waals surface area (Å²) in [6.07, 6.45) is 3.28. The van der Waals surface area contributed by atoms with Crippen LogP contribution in [0.1, 0.15) is 46.4 Å². The molecule has 0 saturated carbocycles. The van der Waals surface area contributed by atoms with Gasteiger partial charge in [0.05, 0.1) is 11.6 Å². The minimum absolute atomic E-state index is 0.0468. The van der Waals surface area contributed by atoms with Crippen molar-refractivity contribution < 1.29 is 18.0 Å². The van der Waals surface area contributed by atoms with Crippen molar-refractivity contribution in [1.29, 1.82) is 0 Å². The number of aryl methyl sites for hydroxylation is 2. The van der Waals surface area contributed by atoms with Gasteiger partial charge in [0, 0.05) is 0 Å². The first-order valence-corrected chi connectivity index (χ1v) is 10.4. The number of nitrogens with one attached hydrogen (secondary N) is 1. The molecule has 140 valence electrons. The van der Waals surface area contributed by atoms with Crippen LogP contribution in [-0.2, 0) is 27.7 Å². The quantitative estimate of drug-likeness (QED) is 0.876. The van der Waals surface area contributed by atoms with Crippen LogP contribution in [-0.4, -0.2) is 31.1 Å². The van der Waals surface area contributed by atoms with Gasteiger partial charge in [-0.2, -0.15) is 0 Å². The Morgan fingerprint density at radius 1 is 1.15 bits per heavy atom. The fraction of sp³-hybridized carbons (Fsp3) is 0.300. The molecule has 7 heteroatoms. The van der Waals surface area contributed by atoms with Gasteiger partial charge in [-0.1, -0.05) is 30.3 Å². The molecule has 1 N–H and O–H groups in total. The molecule has 4 rings (SSSR count). The average Bonchev–Trinajstić information content (AvgIpc) is 3.19. The summed E-state index contributed by atoms with van der Waals surface area (Å²) >= 11 is 0. The van der Waals surface area contributed by atoms with Gasteiger partial charge in [-0.05, 0) is 55.0 Å². The fourth-order valence-electron chi connectivity index (χ4n) is 3.75. The number of rotatable bonds is 4. The van der Waals surface area contributed by atoms with E-state index in [-0.39, 0.29) is 16.5 Å². The fourth-order valence-corrected chi connectivity index (χ4v) is 5.27. The maximum absolute atomic E-state index is 12.5. The highest BCUT2D eigenvalue weighted by Gasteiger charge is 2.41. The van der Waals surface area contributed by atoms with Crippen molar-refractivity contribution in [2.75, 3.05) is 6.54 Å². The summed E-state index contributed by atoms with van der Waals surface area (Å²) in [6, 6.07) is 11.9. The zero-order chi connectivity index (χ0) is 19.2. The largest absolute Gasteiger partial charge is 0.348 e. The molecule has 27 heavy (non-hydrogen) atoms. The summed E-state index contributed by atoms with van der Waals surface area (Å²) in [4.78, 5) is 24.8. The molecule has 1 heterocycles. The maximum Gasteiger partial charge on any atom is 0.269 e. The minimum atomic E-state index is -3.98. The number of nitrogens with zero attached hydrogens (tertiary/aromatic N) is 1. The highest BCUT2D eigenvalue weighted by Crippen LogP contribution is 2.30. The van der Waals surface area contributed by atoms with Crippen molar-refractivity contribution in [2.45, 2.75) is 37.1 Å². The van der Waals surface area contributed by atoms with Crippen molar-refractivity contribution in [3.63, 3.8) is 0 Å². The van der Waals surface area contributed by atoms with Gasteiger partial charge in [-0.3, -0.25) is 9.59 Å². The van der Waals surface area contributed by atoms with Crippen molar-refractivity contribution in [3.8, 4) is 0 Å². The van der Waals surface area contributed by atoms with Crippen molar-refractivity contribution in [3.05, 3.63) is 64.7 Å². The van der Waals surface area contributed by atoms with Crippen LogP contribution in [0.4, 0.5) is 0 Å². The summed E-state index contributed by atoms with van der Waals surface area (Å²) in [7, 11) is -3.98. The third-order valence-corrected chi connectivity index (χ3v) is 6.99. The van der Waals surface area contributed by atoms with Crippen molar-refractivity contribution in [1.82, 2.24) is 9.62 Å². The zero-order valence-corrected chi connectivity index (χ0v) is 15.8. The molecule has 0 fully saturated rings. The Kier molecular flexibility index (Phi) is 4.26. The molecular weight excluding hydrogens is 364 g/mol. The van der Waals surface area contributed by atoms with Gasteiger partial charge in [-0.15, -0.1) is 0 Å². The smallest absolute Gasteiger partial charge is 0.269 e. The van der Waals surface area contributed by atoms with Gasteiger partial charge >= 0.3 is 0 Å². The van der Waals surface area contributed by atoms with Gasteiger partial charge in [0.2, 0.25) is 5.91 Å². The third-order valence-electron chi connectivity index (χ3n) is 5.20. The number of fused-ring (bicyclic) bond motifs is 2. The second kappa shape index (κ2) is 6.49. The molecule has 0 bridgehead atoms. The van der Waals surface area contributed by atoms with E-state index in [1.165, 1.54) is 23.3 Å². The van der Waals surface area contributed by atoms with Crippen LogP contribution in [0.25, 0.3) is 0 Å². The molecule has 1 atom stereocenters. The Labute approximate surface area is 158 Å². The van der Waals surface area contributed by atoms with E-state index in [1.54, 1.807) is 12.1 Å². The molecule has 0 spiro atoms. The molecule has 1 aliphatic carbocycles. The molecule has 0 saturated heterocycles. The highest BCUT2D eigenvalue weighted by molar-refractivity contribution is 7.90. The zero-order valence-electron chi connectivity index (χ0n) is 14.9. The Morgan fingerprint density at radius 3 is 2.67 bits per heavy atom. The molecule has 6 nitrogen and oxygen atoms in total. The van der Waals surface area contributed by atoms with Gasteiger partial charge in [0.15, 0.2) is 0 Å². The van der Waals surface area contributed by atoms with Crippen LogP contribution < -0.4 is 5.32 Å². The summed E-state index contributed by atoms with van der Waals surface area (Å²) < 4.78 is 25.7. The first kappa shape index (κ1) is 17.7. The standard InChI is InChI=1S/C20H20N2O4S/c1-13(15-10-9-14-5-4-6-16(14)11-15)21-19(23)12-22-20(24)17-7-2-3-8-18(17)27(22,25)26/h2-3,7-11,13H,4-6,12H2,1H3,(H,21,23)/t13-/m0/s1. The van der Waals surface area contributed by atoms with E-state index < -0.39 is 28.4 Å². The van der Waals surface area contributed by atoms with Crippen molar-refractivity contribution in [2.24, 2.45) is 0 Å². The van der Waals surface area contributed by atoms with E-state index in [0.717, 1.165) is 24.8 Å². The van der Waals surface area contributed by atoms with Gasteiger partial charge < -0.3 is 5.32 Å². The number of hydrogen-bond acceptors (Lipinski definition) is 4. The minimum Gasteiger partial charge on any atom is -0.348 e. The predicted octanol–water partition coefficient (Wildman–Crippen LogP) is 2.20. The van der Waals surface area contributed by atoms with E-state index in [9.17, 15) is 18.0 Å². The third kappa shape index (κ3) is 3.02. The van der Waals surface area contributed by atoms with E-state index >= 15 is 0 Å². The second-order valence-electron chi connectivity index (χ2n) is 6.98. The van der Waals surface area contributed by atoms with E-state index in [2.05, 4.69) is 17.4 Å². The van der Waals surface area contributed by atoms with E-state index in [1.807, 2.05) is 13.0 Å². The lowest BCUT2D eigenvalue weighted by Gasteiger charge is -2.19. The molecular formula is C20H20N2O4S. The van der Waals surface area contributed by atoms with Crippen LogP contribution in [0, 0.1) is 0 Å². The number of carbonyl (C=O) groups excluding carboxylic acids is 2. The average molecular weight is 384 g/mol. The molecule has 1 aliphatic heterocycles. The molecule has 2 aromatic carbocycles. The lowest BCUT2D eigenvalue weighted by atomic mass is 10.0. The number of carbonyl (C=O) groups is 2. The van der Waals surface area contributed by atoms with Gasteiger partial charge in [0.1, 0.15) is 11.4 Å². The van der Waals surface area contributed by atoms with Crippen LogP contribution >= 0.6 is 0 Å². The topological polar surface area (TPSA) is 83.6 Å².